The summed E-state index contributed by atoms with van der Waals surface area (Å²) in [6.07, 6.45) is 1.20. The van der Waals surface area contributed by atoms with Crippen molar-refractivity contribution in [3.63, 3.8) is 0 Å². The van der Waals surface area contributed by atoms with Gasteiger partial charge in [0.15, 0.2) is 6.29 Å². The van der Waals surface area contributed by atoms with Gasteiger partial charge in [0.25, 0.3) is 0 Å². The van der Waals surface area contributed by atoms with E-state index in [9.17, 15) is 9.59 Å². The molecule has 2 saturated heterocycles. The van der Waals surface area contributed by atoms with E-state index >= 15 is 0 Å². The molecule has 0 bridgehead atoms. The predicted octanol–water partition coefficient (Wildman–Crippen LogP) is 1.50. The highest BCUT2D eigenvalue weighted by molar-refractivity contribution is 5.96. The largest absolute Gasteiger partial charge is 0.393 e. The van der Waals surface area contributed by atoms with Crippen LogP contribution in [0.2, 0.25) is 0 Å². The third-order valence-corrected chi connectivity index (χ3v) is 3.82. The first-order valence-corrected chi connectivity index (χ1v) is 6.57. The zero-order chi connectivity index (χ0) is 13.3. The molecule has 0 aromatic heterocycles. The van der Waals surface area contributed by atoms with Gasteiger partial charge in [-0.2, -0.15) is 0 Å². The summed E-state index contributed by atoms with van der Waals surface area (Å²) in [5.74, 6) is -1.59. The molecule has 0 radical (unpaired) electrons. The van der Waals surface area contributed by atoms with Crippen molar-refractivity contribution in [2.45, 2.75) is 46.0 Å². The third kappa shape index (κ3) is 2.42. The van der Waals surface area contributed by atoms with Gasteiger partial charge in [0.05, 0.1) is 17.9 Å². The van der Waals surface area contributed by atoms with Crippen LogP contribution in [0.3, 0.4) is 0 Å². The molecule has 0 N–H and O–H groups in total. The zero-order valence-electron chi connectivity index (χ0n) is 11.0. The molecule has 5 unspecified atom stereocenters. The molecule has 2 heterocycles. The molecule has 102 valence electrons. The lowest BCUT2D eigenvalue weighted by Gasteiger charge is -2.37. The number of hydrogen-bond acceptors (Lipinski definition) is 5. The van der Waals surface area contributed by atoms with Crippen molar-refractivity contribution in [3.8, 4) is 0 Å². The van der Waals surface area contributed by atoms with Crippen LogP contribution >= 0.6 is 0 Å². The summed E-state index contributed by atoms with van der Waals surface area (Å²) in [6, 6.07) is 0. The Hall–Kier alpha value is -0.940. The van der Waals surface area contributed by atoms with Crippen molar-refractivity contribution in [2.75, 3.05) is 6.61 Å². The second-order valence-electron chi connectivity index (χ2n) is 5.09. The summed E-state index contributed by atoms with van der Waals surface area (Å²) < 4.78 is 16.0. The quantitative estimate of drug-likeness (QED) is 0.565. The van der Waals surface area contributed by atoms with Gasteiger partial charge in [-0.3, -0.25) is 9.59 Å². The number of rotatable bonds is 3. The minimum atomic E-state index is -0.490. The van der Waals surface area contributed by atoms with Crippen molar-refractivity contribution in [2.24, 2.45) is 17.8 Å². The van der Waals surface area contributed by atoms with Gasteiger partial charge in [-0.25, -0.2) is 0 Å². The van der Waals surface area contributed by atoms with Gasteiger partial charge >= 0.3 is 11.9 Å². The van der Waals surface area contributed by atoms with Gasteiger partial charge in [0.2, 0.25) is 0 Å². The normalized spacial score (nSPS) is 40.9. The van der Waals surface area contributed by atoms with E-state index in [2.05, 4.69) is 4.74 Å². The van der Waals surface area contributed by atoms with Crippen LogP contribution in [0.25, 0.3) is 0 Å². The molecule has 5 nitrogen and oxygen atoms in total. The molecule has 5 atom stereocenters. The van der Waals surface area contributed by atoms with E-state index < -0.39 is 23.8 Å². The summed E-state index contributed by atoms with van der Waals surface area (Å²) in [7, 11) is 0. The van der Waals surface area contributed by atoms with Crippen molar-refractivity contribution in [3.05, 3.63) is 0 Å². The number of ether oxygens (including phenoxy) is 3. The molecular formula is C13H20O5. The minimum Gasteiger partial charge on any atom is -0.393 e. The zero-order valence-corrected chi connectivity index (χ0v) is 11.0. The van der Waals surface area contributed by atoms with Gasteiger partial charge in [-0.1, -0.05) is 13.8 Å². The van der Waals surface area contributed by atoms with E-state index in [0.29, 0.717) is 6.61 Å². The maximum absolute atomic E-state index is 11.7. The second-order valence-corrected chi connectivity index (χ2v) is 5.09. The Morgan fingerprint density at radius 2 is 1.94 bits per heavy atom. The van der Waals surface area contributed by atoms with Gasteiger partial charge in [-0.15, -0.1) is 0 Å². The smallest absolute Gasteiger partial charge is 0.320 e. The number of carbonyl (C=O) groups is 2. The van der Waals surface area contributed by atoms with Gasteiger partial charge < -0.3 is 14.2 Å². The number of hydrogen-bond donors (Lipinski definition) is 0. The third-order valence-electron chi connectivity index (χ3n) is 3.82. The molecule has 0 aromatic carbocycles. The Morgan fingerprint density at radius 3 is 2.50 bits per heavy atom. The van der Waals surface area contributed by atoms with Crippen LogP contribution in [0.15, 0.2) is 0 Å². The molecule has 5 heteroatoms. The van der Waals surface area contributed by atoms with E-state index in [1.807, 2.05) is 13.8 Å². The van der Waals surface area contributed by atoms with Crippen LogP contribution in [0.4, 0.5) is 0 Å². The second kappa shape index (κ2) is 5.36. The summed E-state index contributed by atoms with van der Waals surface area (Å²) in [5.41, 5.74) is 0. The van der Waals surface area contributed by atoms with Crippen molar-refractivity contribution in [1.29, 1.82) is 0 Å². The lowest BCUT2D eigenvalue weighted by Crippen LogP contribution is -2.43. The van der Waals surface area contributed by atoms with E-state index in [1.165, 1.54) is 0 Å². The average molecular weight is 256 g/mol. The topological polar surface area (TPSA) is 61.8 Å². The highest BCUT2D eigenvalue weighted by atomic mass is 16.7. The van der Waals surface area contributed by atoms with Crippen molar-refractivity contribution < 1.29 is 23.8 Å². The van der Waals surface area contributed by atoms with Crippen LogP contribution in [-0.4, -0.2) is 30.9 Å². The Balaban J connectivity index is 2.10. The Morgan fingerprint density at radius 1 is 1.22 bits per heavy atom. The van der Waals surface area contributed by atoms with Crippen LogP contribution < -0.4 is 0 Å². The van der Waals surface area contributed by atoms with Crippen LogP contribution in [0, 0.1) is 17.8 Å². The Labute approximate surface area is 107 Å². The maximum atomic E-state index is 11.7. The molecule has 0 aromatic rings. The first-order chi connectivity index (χ1) is 8.54. The van der Waals surface area contributed by atoms with E-state index in [0.717, 1.165) is 12.8 Å². The number of cyclic esters (lactones) is 2. The van der Waals surface area contributed by atoms with Crippen LogP contribution in [0.1, 0.15) is 33.6 Å². The molecule has 0 spiro atoms. The Bertz CT molecular complexity index is 340. The van der Waals surface area contributed by atoms with Crippen LogP contribution in [0.5, 0.6) is 0 Å². The van der Waals surface area contributed by atoms with Crippen molar-refractivity contribution >= 4 is 11.9 Å². The van der Waals surface area contributed by atoms with E-state index in [1.54, 1.807) is 6.92 Å². The SMILES string of the molecule is CCOC1CCC(C)C(C2C(=O)OC(=O)C2C)O1. The van der Waals surface area contributed by atoms with Gasteiger partial charge in [0.1, 0.15) is 0 Å². The molecular weight excluding hydrogens is 236 g/mol. The van der Waals surface area contributed by atoms with Gasteiger partial charge in [-0.05, 0) is 25.7 Å². The highest BCUT2D eigenvalue weighted by Crippen LogP contribution is 2.37. The molecule has 0 saturated carbocycles. The first-order valence-electron chi connectivity index (χ1n) is 6.57. The number of carbonyl (C=O) groups excluding carboxylic acids is 2. The summed E-state index contributed by atoms with van der Waals surface area (Å²) >= 11 is 0. The fraction of sp³-hybridized carbons (Fsp3) is 0.846. The molecule has 18 heavy (non-hydrogen) atoms. The molecule has 2 rings (SSSR count). The first kappa shape index (κ1) is 13.5. The van der Waals surface area contributed by atoms with Crippen molar-refractivity contribution in [1.82, 2.24) is 0 Å². The monoisotopic (exact) mass is 256 g/mol. The molecule has 2 fully saturated rings. The summed E-state index contributed by atoms with van der Waals surface area (Å²) in [6.45, 7) is 6.25. The summed E-state index contributed by atoms with van der Waals surface area (Å²) in [4.78, 5) is 23.2. The van der Waals surface area contributed by atoms with E-state index in [-0.39, 0.29) is 18.3 Å². The molecule has 0 aliphatic carbocycles. The maximum Gasteiger partial charge on any atom is 0.320 e. The van der Waals surface area contributed by atoms with Gasteiger partial charge in [0, 0.05) is 6.61 Å². The van der Waals surface area contributed by atoms with Crippen LogP contribution in [-0.2, 0) is 23.8 Å². The average Bonchev–Trinajstić information content (AvgIpc) is 2.57. The summed E-state index contributed by atoms with van der Waals surface area (Å²) in [5, 5.41) is 0. The van der Waals surface area contributed by atoms with E-state index in [4.69, 9.17) is 9.47 Å². The molecule has 2 aliphatic heterocycles. The Kier molecular flexibility index (Phi) is 4.02. The predicted molar refractivity (Wildman–Crippen MR) is 62.4 cm³/mol. The number of esters is 2. The fourth-order valence-corrected chi connectivity index (χ4v) is 2.72. The minimum absolute atomic E-state index is 0.229. The molecule has 2 aliphatic rings. The lowest BCUT2D eigenvalue weighted by molar-refractivity contribution is -0.220. The lowest BCUT2D eigenvalue weighted by atomic mass is 9.81. The standard InChI is InChI=1S/C13H20O5/c1-4-16-9-6-5-7(2)11(17-9)10-8(3)12(14)18-13(10)15/h7-11H,4-6H2,1-3H3. The fourth-order valence-electron chi connectivity index (χ4n) is 2.72. The highest BCUT2D eigenvalue weighted by Gasteiger charge is 2.49. The molecule has 0 amide bonds.